The van der Waals surface area contributed by atoms with E-state index in [2.05, 4.69) is 10.3 Å². The van der Waals surface area contributed by atoms with Crippen LogP contribution in [0.25, 0.3) is 16.7 Å². The van der Waals surface area contributed by atoms with Gasteiger partial charge in [0.05, 0.1) is 11.5 Å². The summed E-state index contributed by atoms with van der Waals surface area (Å²) in [6, 6.07) is 5.34. The number of aromatic nitrogens is 3. The van der Waals surface area contributed by atoms with E-state index in [0.717, 1.165) is 25.0 Å². The number of aryl methyl sites for hydroxylation is 2. The molecule has 4 heterocycles. The summed E-state index contributed by atoms with van der Waals surface area (Å²) in [4.78, 5) is 29.9. The third kappa shape index (κ3) is 2.60. The number of carbonyl (C=O) groups excluding carboxylic acids is 1. The number of nitrogens with zero attached hydrogens (tertiary/aromatic N) is 3. The summed E-state index contributed by atoms with van der Waals surface area (Å²) < 4.78 is 8.72. The lowest BCUT2D eigenvalue weighted by molar-refractivity contribution is 0.0851. The molecule has 1 amide bonds. The third-order valence-corrected chi connectivity index (χ3v) is 4.77. The topological polar surface area (TPSA) is 77.6 Å². The van der Waals surface area contributed by atoms with Crippen molar-refractivity contribution in [1.29, 1.82) is 0 Å². The fourth-order valence-electron chi connectivity index (χ4n) is 3.35. The van der Waals surface area contributed by atoms with E-state index in [4.69, 9.17) is 4.74 Å². The first-order valence-corrected chi connectivity index (χ1v) is 8.43. The van der Waals surface area contributed by atoms with Gasteiger partial charge in [0.15, 0.2) is 0 Å². The Morgan fingerprint density at radius 1 is 1.44 bits per heavy atom. The van der Waals surface area contributed by atoms with E-state index in [-0.39, 0.29) is 17.6 Å². The molecule has 1 saturated heterocycles. The molecule has 0 aliphatic carbocycles. The zero-order chi connectivity index (χ0) is 17.6. The van der Waals surface area contributed by atoms with E-state index in [1.807, 2.05) is 19.1 Å². The highest BCUT2D eigenvalue weighted by molar-refractivity contribution is 5.98. The number of carbonyl (C=O) groups is 1. The molecule has 0 unspecified atom stereocenters. The minimum atomic E-state index is -0.221. The Balaban J connectivity index is 1.75. The smallest absolute Gasteiger partial charge is 0.268 e. The molecule has 0 bridgehead atoms. The van der Waals surface area contributed by atoms with E-state index >= 15 is 0 Å². The number of ether oxygens (including phenoxy) is 1. The summed E-state index contributed by atoms with van der Waals surface area (Å²) in [5, 5.41) is 3.33. The van der Waals surface area contributed by atoms with Gasteiger partial charge in [-0.05, 0) is 37.5 Å². The van der Waals surface area contributed by atoms with Crippen LogP contribution in [0, 0.1) is 6.92 Å². The molecule has 25 heavy (non-hydrogen) atoms. The van der Waals surface area contributed by atoms with E-state index in [1.54, 1.807) is 23.9 Å². The van der Waals surface area contributed by atoms with Crippen LogP contribution in [-0.4, -0.2) is 39.1 Å². The molecule has 1 atom stereocenters. The number of fused-ring (bicyclic) bond motifs is 2. The number of hydrogen-bond acceptors (Lipinski definition) is 4. The lowest BCUT2D eigenvalue weighted by atomic mass is 10.2. The highest BCUT2D eigenvalue weighted by Gasteiger charge is 2.20. The number of pyridine rings is 1. The Kier molecular flexibility index (Phi) is 3.80. The fraction of sp³-hybridized carbons (Fsp3) is 0.389. The normalized spacial score (nSPS) is 17.4. The summed E-state index contributed by atoms with van der Waals surface area (Å²) in [6.07, 6.45) is 3.76. The van der Waals surface area contributed by atoms with Gasteiger partial charge in [-0.1, -0.05) is 6.07 Å². The second-order valence-corrected chi connectivity index (χ2v) is 6.47. The molecule has 1 fully saturated rings. The summed E-state index contributed by atoms with van der Waals surface area (Å²) in [5.41, 5.74) is 2.28. The van der Waals surface area contributed by atoms with Crippen molar-refractivity contribution in [3.63, 3.8) is 0 Å². The standard InChI is InChI=1S/C18H20N4O3/c1-11-5-3-7-22-15(11)20-16-13(18(22)24)9-14(21(16)2)17(23)19-10-12-6-4-8-25-12/h3,5,7,9,12H,4,6,8,10H2,1-2H3,(H,19,23)/t12-/m0/s1. The zero-order valence-electron chi connectivity index (χ0n) is 14.3. The number of rotatable bonds is 3. The van der Waals surface area contributed by atoms with Crippen molar-refractivity contribution in [2.24, 2.45) is 7.05 Å². The first kappa shape index (κ1) is 15.8. The van der Waals surface area contributed by atoms with Crippen molar-refractivity contribution in [2.75, 3.05) is 13.2 Å². The Bertz CT molecular complexity index is 1030. The average molecular weight is 340 g/mol. The van der Waals surface area contributed by atoms with Crippen molar-refractivity contribution < 1.29 is 9.53 Å². The molecule has 3 aromatic heterocycles. The molecule has 1 N–H and O–H groups in total. The van der Waals surface area contributed by atoms with Crippen molar-refractivity contribution in [3.05, 3.63) is 46.0 Å². The monoisotopic (exact) mass is 340 g/mol. The van der Waals surface area contributed by atoms with Crippen LogP contribution in [0.2, 0.25) is 0 Å². The quantitative estimate of drug-likeness (QED) is 0.782. The first-order valence-electron chi connectivity index (χ1n) is 8.43. The Morgan fingerprint density at radius 2 is 2.28 bits per heavy atom. The van der Waals surface area contributed by atoms with Gasteiger partial charge < -0.3 is 14.6 Å². The van der Waals surface area contributed by atoms with E-state index in [0.29, 0.717) is 28.9 Å². The van der Waals surface area contributed by atoms with Gasteiger partial charge in [-0.2, -0.15) is 0 Å². The van der Waals surface area contributed by atoms with Crippen molar-refractivity contribution in [1.82, 2.24) is 19.3 Å². The minimum absolute atomic E-state index is 0.0765. The molecule has 0 radical (unpaired) electrons. The lowest BCUT2D eigenvalue weighted by Crippen LogP contribution is -2.32. The summed E-state index contributed by atoms with van der Waals surface area (Å²) in [6.45, 7) is 3.14. The predicted molar refractivity (Wildman–Crippen MR) is 94.0 cm³/mol. The minimum Gasteiger partial charge on any atom is -0.376 e. The van der Waals surface area contributed by atoms with Crippen LogP contribution in [0.5, 0.6) is 0 Å². The maximum atomic E-state index is 12.8. The molecule has 1 aliphatic heterocycles. The van der Waals surface area contributed by atoms with Gasteiger partial charge in [-0.15, -0.1) is 0 Å². The summed E-state index contributed by atoms with van der Waals surface area (Å²) in [7, 11) is 1.75. The van der Waals surface area contributed by atoms with Gasteiger partial charge in [0, 0.05) is 26.4 Å². The first-order chi connectivity index (χ1) is 12.1. The Morgan fingerprint density at radius 3 is 3.04 bits per heavy atom. The molecule has 1 aliphatic rings. The van der Waals surface area contributed by atoms with Gasteiger partial charge in [-0.25, -0.2) is 4.98 Å². The summed E-state index contributed by atoms with van der Waals surface area (Å²) >= 11 is 0. The van der Waals surface area contributed by atoms with Crippen LogP contribution >= 0.6 is 0 Å². The molecule has 3 aromatic rings. The maximum absolute atomic E-state index is 12.8. The predicted octanol–water partition coefficient (Wildman–Crippen LogP) is 1.40. The molecule has 0 spiro atoms. The van der Waals surface area contributed by atoms with Crippen LogP contribution in [0.1, 0.15) is 28.9 Å². The van der Waals surface area contributed by atoms with Crippen molar-refractivity contribution in [2.45, 2.75) is 25.9 Å². The van der Waals surface area contributed by atoms with Crippen LogP contribution in [-0.2, 0) is 11.8 Å². The second kappa shape index (κ2) is 6.00. The Labute approximate surface area is 144 Å². The largest absolute Gasteiger partial charge is 0.376 e. The molecule has 0 aromatic carbocycles. The van der Waals surface area contributed by atoms with Crippen molar-refractivity contribution in [3.8, 4) is 0 Å². The maximum Gasteiger partial charge on any atom is 0.268 e. The average Bonchev–Trinajstić information content (AvgIpc) is 3.23. The van der Waals surface area contributed by atoms with Crippen LogP contribution in [0.3, 0.4) is 0 Å². The highest BCUT2D eigenvalue weighted by atomic mass is 16.5. The van der Waals surface area contributed by atoms with Gasteiger partial charge in [0.1, 0.15) is 17.0 Å². The van der Waals surface area contributed by atoms with Gasteiger partial charge in [0.25, 0.3) is 11.5 Å². The van der Waals surface area contributed by atoms with Crippen LogP contribution in [0.4, 0.5) is 0 Å². The number of amides is 1. The van der Waals surface area contributed by atoms with Gasteiger partial charge in [0.2, 0.25) is 0 Å². The molecule has 7 heteroatoms. The SMILES string of the molecule is Cc1cccn2c(=O)c3cc(C(=O)NC[C@@H]4CCCO4)n(C)c3nc12. The molecule has 4 rings (SSSR count). The molecular formula is C18H20N4O3. The van der Waals surface area contributed by atoms with E-state index in [1.165, 1.54) is 4.40 Å². The number of nitrogens with one attached hydrogen (secondary N) is 1. The van der Waals surface area contributed by atoms with Gasteiger partial charge in [-0.3, -0.25) is 14.0 Å². The van der Waals surface area contributed by atoms with Crippen LogP contribution < -0.4 is 10.9 Å². The Hall–Kier alpha value is -2.67. The highest BCUT2D eigenvalue weighted by Crippen LogP contribution is 2.17. The van der Waals surface area contributed by atoms with Crippen molar-refractivity contribution >= 4 is 22.6 Å². The number of hydrogen-bond donors (Lipinski definition) is 1. The van der Waals surface area contributed by atoms with Crippen LogP contribution in [0.15, 0.2) is 29.2 Å². The van der Waals surface area contributed by atoms with E-state index < -0.39 is 0 Å². The van der Waals surface area contributed by atoms with Gasteiger partial charge >= 0.3 is 0 Å². The summed E-state index contributed by atoms with van der Waals surface area (Å²) in [5.74, 6) is -0.221. The molecule has 130 valence electrons. The molecular weight excluding hydrogens is 320 g/mol. The fourth-order valence-corrected chi connectivity index (χ4v) is 3.35. The third-order valence-electron chi connectivity index (χ3n) is 4.77. The van der Waals surface area contributed by atoms with E-state index in [9.17, 15) is 9.59 Å². The second-order valence-electron chi connectivity index (χ2n) is 6.47. The molecule has 0 saturated carbocycles. The lowest BCUT2D eigenvalue weighted by Gasteiger charge is -2.11. The zero-order valence-corrected chi connectivity index (χ0v) is 14.3. The molecule has 7 nitrogen and oxygen atoms in total.